The molecule has 0 aromatic carbocycles. The number of ether oxygens (including phenoxy) is 1. The minimum atomic E-state index is -0.914. The van der Waals surface area contributed by atoms with Crippen molar-refractivity contribution in [1.29, 1.82) is 0 Å². The lowest BCUT2D eigenvalue weighted by atomic mass is 10.2. The van der Waals surface area contributed by atoms with Crippen LogP contribution in [-0.2, 0) is 16.1 Å². The highest BCUT2D eigenvalue weighted by Gasteiger charge is 2.26. The van der Waals surface area contributed by atoms with E-state index in [1.54, 1.807) is 0 Å². The third-order valence-corrected chi connectivity index (χ3v) is 3.62. The van der Waals surface area contributed by atoms with Crippen molar-refractivity contribution in [1.82, 2.24) is 19.3 Å². The molecule has 1 aliphatic heterocycles. The quantitative estimate of drug-likeness (QED) is 0.893. The molecule has 0 bridgehead atoms. The van der Waals surface area contributed by atoms with Gasteiger partial charge < -0.3 is 9.84 Å². The van der Waals surface area contributed by atoms with E-state index in [-0.39, 0.29) is 0 Å². The fourth-order valence-corrected chi connectivity index (χ4v) is 2.62. The van der Waals surface area contributed by atoms with Crippen LogP contribution < -0.4 is 0 Å². The van der Waals surface area contributed by atoms with Gasteiger partial charge in [-0.3, -0.25) is 9.30 Å². The van der Waals surface area contributed by atoms with Gasteiger partial charge in [-0.25, -0.2) is 14.8 Å². The van der Waals surface area contributed by atoms with Gasteiger partial charge in [0.05, 0.1) is 12.3 Å². The Kier molecular flexibility index (Phi) is 3.60. The van der Waals surface area contributed by atoms with Gasteiger partial charge in [-0.1, -0.05) is 0 Å². The number of aryl methyl sites for hydroxylation is 2. The molecule has 0 radical (unpaired) electrons. The molecule has 112 valence electrons. The number of carboxylic acids is 1. The Balaban J connectivity index is 1.78. The fraction of sp³-hybridized carbons (Fsp3) is 0.500. The minimum Gasteiger partial charge on any atom is -0.479 e. The number of imidazole rings is 1. The summed E-state index contributed by atoms with van der Waals surface area (Å²) in [6.45, 7) is 6.09. The topological polar surface area (TPSA) is 80.0 Å². The number of aromatic nitrogens is 3. The second-order valence-electron chi connectivity index (χ2n) is 5.37. The van der Waals surface area contributed by atoms with E-state index in [4.69, 9.17) is 9.84 Å². The Labute approximate surface area is 122 Å². The largest absolute Gasteiger partial charge is 0.479 e. The molecular weight excluding hydrogens is 272 g/mol. The molecule has 2 aromatic heterocycles. The predicted octanol–water partition coefficient (Wildman–Crippen LogP) is 0.632. The number of rotatable bonds is 3. The molecule has 0 saturated carbocycles. The van der Waals surface area contributed by atoms with Gasteiger partial charge >= 0.3 is 5.97 Å². The third kappa shape index (κ3) is 2.88. The third-order valence-electron chi connectivity index (χ3n) is 3.62. The van der Waals surface area contributed by atoms with Gasteiger partial charge in [-0.2, -0.15) is 0 Å². The predicted molar refractivity (Wildman–Crippen MR) is 75.1 cm³/mol. The lowest BCUT2D eigenvalue weighted by molar-refractivity contribution is -0.156. The lowest BCUT2D eigenvalue weighted by Gasteiger charge is -2.30. The Morgan fingerprint density at radius 2 is 2.29 bits per heavy atom. The maximum atomic E-state index is 11.0. The average molecular weight is 290 g/mol. The summed E-state index contributed by atoms with van der Waals surface area (Å²) in [5.74, 6) is -0.228. The molecule has 2 aromatic rings. The average Bonchev–Trinajstić information content (AvgIpc) is 2.81. The number of nitrogens with zero attached hydrogens (tertiary/aromatic N) is 4. The molecule has 7 heteroatoms. The number of carboxylic acid groups (broad SMARTS) is 1. The summed E-state index contributed by atoms with van der Waals surface area (Å²) < 4.78 is 7.18. The van der Waals surface area contributed by atoms with E-state index in [0.717, 1.165) is 17.1 Å². The number of hydrogen-bond acceptors (Lipinski definition) is 5. The van der Waals surface area contributed by atoms with Crippen LogP contribution in [0.2, 0.25) is 0 Å². The van der Waals surface area contributed by atoms with Crippen molar-refractivity contribution in [3.8, 4) is 0 Å². The van der Waals surface area contributed by atoms with Crippen LogP contribution in [0.1, 0.15) is 17.1 Å². The van der Waals surface area contributed by atoms with Gasteiger partial charge in [0, 0.05) is 37.2 Å². The Hall–Kier alpha value is -1.99. The van der Waals surface area contributed by atoms with Crippen LogP contribution in [0.4, 0.5) is 0 Å². The zero-order valence-corrected chi connectivity index (χ0v) is 12.1. The first-order valence-corrected chi connectivity index (χ1v) is 6.92. The number of aliphatic carboxylic acids is 1. The molecule has 0 aliphatic carbocycles. The van der Waals surface area contributed by atoms with E-state index >= 15 is 0 Å². The number of fused-ring (bicyclic) bond motifs is 1. The Bertz CT molecular complexity index is 682. The Morgan fingerprint density at radius 3 is 3.05 bits per heavy atom. The fourth-order valence-electron chi connectivity index (χ4n) is 2.62. The van der Waals surface area contributed by atoms with E-state index in [1.807, 2.05) is 35.4 Å². The molecular formula is C14H18N4O3. The molecule has 3 rings (SSSR count). The summed E-state index contributed by atoms with van der Waals surface area (Å²) >= 11 is 0. The highest BCUT2D eigenvalue weighted by atomic mass is 16.5. The number of carbonyl (C=O) groups is 1. The number of morpholine rings is 1. The van der Waals surface area contributed by atoms with Crippen LogP contribution >= 0.6 is 0 Å². The molecule has 3 heterocycles. The summed E-state index contributed by atoms with van der Waals surface area (Å²) in [6, 6.07) is 2.01. The molecule has 1 atom stereocenters. The van der Waals surface area contributed by atoms with Gasteiger partial charge in [0.25, 0.3) is 0 Å². The van der Waals surface area contributed by atoms with Crippen molar-refractivity contribution in [2.24, 2.45) is 0 Å². The molecule has 1 unspecified atom stereocenters. The minimum absolute atomic E-state index is 0.384. The zero-order valence-electron chi connectivity index (χ0n) is 12.1. The summed E-state index contributed by atoms with van der Waals surface area (Å²) in [7, 11) is 0. The van der Waals surface area contributed by atoms with Crippen molar-refractivity contribution in [2.45, 2.75) is 26.5 Å². The van der Waals surface area contributed by atoms with Gasteiger partial charge in [0.15, 0.2) is 6.10 Å². The molecule has 7 nitrogen and oxygen atoms in total. The van der Waals surface area contributed by atoms with E-state index in [0.29, 0.717) is 32.0 Å². The van der Waals surface area contributed by atoms with Crippen LogP contribution in [0.25, 0.3) is 5.78 Å². The van der Waals surface area contributed by atoms with Crippen LogP contribution in [-0.4, -0.2) is 56.1 Å². The first-order chi connectivity index (χ1) is 10.0. The SMILES string of the molecule is Cc1cc(C)n2cc(CN3CCOC(C(=O)O)C3)nc2n1. The van der Waals surface area contributed by atoms with Crippen molar-refractivity contribution in [3.05, 3.63) is 29.3 Å². The number of hydrogen-bond donors (Lipinski definition) is 1. The molecule has 0 amide bonds. The smallest absolute Gasteiger partial charge is 0.334 e. The first kappa shape index (κ1) is 14.0. The summed E-state index contributed by atoms with van der Waals surface area (Å²) in [5.41, 5.74) is 2.92. The Morgan fingerprint density at radius 1 is 1.48 bits per heavy atom. The molecule has 1 N–H and O–H groups in total. The van der Waals surface area contributed by atoms with Crippen molar-refractivity contribution >= 4 is 11.7 Å². The second-order valence-corrected chi connectivity index (χ2v) is 5.37. The van der Waals surface area contributed by atoms with Crippen LogP contribution in [0.3, 0.4) is 0 Å². The van der Waals surface area contributed by atoms with Crippen molar-refractivity contribution in [3.63, 3.8) is 0 Å². The standard InChI is InChI=1S/C14H18N4O3/c1-9-5-10(2)18-7-11(16-14(18)15-9)6-17-3-4-21-12(8-17)13(19)20/h5,7,12H,3-4,6,8H2,1-2H3,(H,19,20). The highest BCUT2D eigenvalue weighted by Crippen LogP contribution is 2.13. The summed E-state index contributed by atoms with van der Waals surface area (Å²) in [5, 5.41) is 9.02. The van der Waals surface area contributed by atoms with Gasteiger partial charge in [0.2, 0.25) is 5.78 Å². The molecule has 21 heavy (non-hydrogen) atoms. The molecule has 1 aliphatic rings. The van der Waals surface area contributed by atoms with Gasteiger partial charge in [-0.15, -0.1) is 0 Å². The second kappa shape index (κ2) is 5.42. The van der Waals surface area contributed by atoms with Crippen molar-refractivity contribution < 1.29 is 14.6 Å². The monoisotopic (exact) mass is 290 g/mol. The normalized spacial score (nSPS) is 20.0. The highest BCUT2D eigenvalue weighted by molar-refractivity contribution is 5.72. The van der Waals surface area contributed by atoms with Crippen LogP contribution in [0.15, 0.2) is 12.3 Å². The lowest BCUT2D eigenvalue weighted by Crippen LogP contribution is -2.45. The van der Waals surface area contributed by atoms with E-state index < -0.39 is 12.1 Å². The van der Waals surface area contributed by atoms with Crippen molar-refractivity contribution in [2.75, 3.05) is 19.7 Å². The van der Waals surface area contributed by atoms with Gasteiger partial charge in [-0.05, 0) is 19.9 Å². The van der Waals surface area contributed by atoms with E-state index in [9.17, 15) is 4.79 Å². The maximum absolute atomic E-state index is 11.0. The maximum Gasteiger partial charge on any atom is 0.334 e. The zero-order chi connectivity index (χ0) is 15.0. The molecule has 0 spiro atoms. The molecule has 1 fully saturated rings. The van der Waals surface area contributed by atoms with E-state index in [1.165, 1.54) is 0 Å². The van der Waals surface area contributed by atoms with Gasteiger partial charge in [0.1, 0.15) is 0 Å². The first-order valence-electron chi connectivity index (χ1n) is 6.92. The molecule has 1 saturated heterocycles. The van der Waals surface area contributed by atoms with E-state index in [2.05, 4.69) is 9.97 Å². The summed E-state index contributed by atoms with van der Waals surface area (Å²) in [6.07, 6.45) is 1.21. The van der Waals surface area contributed by atoms with Crippen LogP contribution in [0, 0.1) is 13.8 Å². The van der Waals surface area contributed by atoms with Crippen LogP contribution in [0.5, 0.6) is 0 Å². The summed E-state index contributed by atoms with van der Waals surface area (Å²) in [4.78, 5) is 22.0.